The molecule has 0 bridgehead atoms. The number of pyridine rings is 1. The minimum absolute atomic E-state index is 0.0138. The fraction of sp³-hybridized carbons (Fsp3) is 0.176. The summed E-state index contributed by atoms with van der Waals surface area (Å²) in [4.78, 5) is 34.8. The van der Waals surface area contributed by atoms with E-state index in [2.05, 4.69) is 41.4 Å². The Morgan fingerprint density at radius 2 is 1.51 bits per heavy atom. The summed E-state index contributed by atoms with van der Waals surface area (Å²) in [6, 6.07) is 25.1. The molecular weight excluding hydrogens is 510 g/mol. The summed E-state index contributed by atoms with van der Waals surface area (Å²) < 4.78 is 1.51. The maximum atomic E-state index is 13.1. The van der Waals surface area contributed by atoms with Gasteiger partial charge in [-0.2, -0.15) is 0 Å². The lowest BCUT2D eigenvalue weighted by molar-refractivity contribution is 0.102. The summed E-state index contributed by atoms with van der Waals surface area (Å²) in [6.07, 6.45) is 5.22. The lowest BCUT2D eigenvalue weighted by Crippen LogP contribution is -2.21. The van der Waals surface area contributed by atoms with Crippen molar-refractivity contribution in [2.75, 3.05) is 10.6 Å². The fourth-order valence-electron chi connectivity index (χ4n) is 4.61. The topological polar surface area (TPSA) is 88.9 Å². The second kappa shape index (κ2) is 11.2. The Balaban J connectivity index is 1.39. The van der Waals surface area contributed by atoms with E-state index in [1.165, 1.54) is 10.1 Å². The van der Waals surface area contributed by atoms with Crippen molar-refractivity contribution < 1.29 is 4.79 Å². The second-order valence-corrected chi connectivity index (χ2v) is 11.1. The van der Waals surface area contributed by atoms with Crippen LogP contribution < -0.4 is 16.2 Å². The first-order chi connectivity index (χ1) is 19.6. The van der Waals surface area contributed by atoms with E-state index in [-0.39, 0.29) is 22.7 Å². The molecule has 1 amide bonds. The van der Waals surface area contributed by atoms with Crippen molar-refractivity contribution in [1.29, 1.82) is 0 Å². The number of anilines is 3. The molecule has 0 atom stereocenters. The first-order valence-electron chi connectivity index (χ1n) is 13.5. The molecule has 0 fully saturated rings. The highest BCUT2D eigenvalue weighted by atomic mass is 16.1. The molecule has 0 aliphatic rings. The first kappa shape index (κ1) is 27.5. The van der Waals surface area contributed by atoms with Gasteiger partial charge in [-0.3, -0.25) is 14.6 Å². The van der Waals surface area contributed by atoms with Gasteiger partial charge in [0.1, 0.15) is 0 Å². The Morgan fingerprint density at radius 1 is 0.854 bits per heavy atom. The molecule has 3 aromatic carbocycles. The first-order valence-corrected chi connectivity index (χ1v) is 13.5. The van der Waals surface area contributed by atoms with E-state index in [0.717, 1.165) is 27.9 Å². The molecule has 5 rings (SSSR count). The van der Waals surface area contributed by atoms with Gasteiger partial charge in [0, 0.05) is 48.1 Å². The molecule has 0 aliphatic heterocycles. The van der Waals surface area contributed by atoms with Crippen LogP contribution in [0.3, 0.4) is 0 Å². The molecule has 0 radical (unpaired) electrons. The van der Waals surface area contributed by atoms with Crippen LogP contribution in [0.15, 0.2) is 102 Å². The van der Waals surface area contributed by atoms with Gasteiger partial charge >= 0.3 is 0 Å². The maximum Gasteiger partial charge on any atom is 0.293 e. The molecule has 7 heteroatoms. The average molecular weight is 544 g/mol. The molecule has 2 aromatic heterocycles. The zero-order valence-corrected chi connectivity index (χ0v) is 23.9. The van der Waals surface area contributed by atoms with Crippen LogP contribution in [0, 0.1) is 6.92 Å². The number of rotatable bonds is 6. The number of hydrogen-bond donors (Lipinski definition) is 2. The third-order valence-corrected chi connectivity index (χ3v) is 7.10. The van der Waals surface area contributed by atoms with E-state index in [0.29, 0.717) is 16.9 Å². The molecule has 0 saturated carbocycles. The number of nitrogens with zero attached hydrogens (tertiary/aromatic N) is 3. The summed E-state index contributed by atoms with van der Waals surface area (Å²) in [7, 11) is 1.70. The Morgan fingerprint density at radius 3 is 2.17 bits per heavy atom. The van der Waals surface area contributed by atoms with E-state index in [1.807, 2.05) is 85.8 Å². The molecule has 206 valence electrons. The van der Waals surface area contributed by atoms with Gasteiger partial charge in [0.05, 0.1) is 5.69 Å². The third kappa shape index (κ3) is 6.09. The van der Waals surface area contributed by atoms with Gasteiger partial charge in [-0.25, -0.2) is 4.98 Å². The molecule has 5 aromatic rings. The van der Waals surface area contributed by atoms with Crippen LogP contribution in [-0.4, -0.2) is 20.4 Å². The fourth-order valence-corrected chi connectivity index (χ4v) is 4.61. The molecule has 41 heavy (non-hydrogen) atoms. The van der Waals surface area contributed by atoms with Gasteiger partial charge in [0.15, 0.2) is 5.82 Å². The lowest BCUT2D eigenvalue weighted by Gasteiger charge is -2.19. The summed E-state index contributed by atoms with van der Waals surface area (Å²) >= 11 is 0. The number of amides is 1. The van der Waals surface area contributed by atoms with Crippen molar-refractivity contribution in [2.45, 2.75) is 33.1 Å². The standard InChI is InChI=1S/C34H33N5O2/c1-22-28(7-6-8-29(22)38-32(40)25-9-13-26(14-10-25)34(2,3)4)30-21-39(5)33(41)31(37-30)36-27-15-11-23(12-16-27)24-17-19-35-20-18-24/h6-21H,1-5H3,(H,36,37)(H,38,40). The predicted molar refractivity (Wildman–Crippen MR) is 166 cm³/mol. The second-order valence-electron chi connectivity index (χ2n) is 11.1. The van der Waals surface area contributed by atoms with Gasteiger partial charge in [-0.1, -0.05) is 57.2 Å². The molecule has 7 nitrogen and oxygen atoms in total. The lowest BCUT2D eigenvalue weighted by atomic mass is 9.86. The van der Waals surface area contributed by atoms with Gasteiger partial charge in [-0.05, 0) is 77.1 Å². The number of hydrogen-bond acceptors (Lipinski definition) is 5. The van der Waals surface area contributed by atoms with Crippen molar-refractivity contribution >= 4 is 23.1 Å². The maximum absolute atomic E-state index is 13.1. The molecule has 2 heterocycles. The normalized spacial score (nSPS) is 11.2. The molecular formula is C34H33N5O2. The predicted octanol–water partition coefficient (Wildman–Crippen LogP) is 7.11. The van der Waals surface area contributed by atoms with Crippen LogP contribution in [0.5, 0.6) is 0 Å². The zero-order valence-electron chi connectivity index (χ0n) is 23.9. The van der Waals surface area contributed by atoms with Crippen molar-refractivity contribution in [3.05, 3.63) is 124 Å². The van der Waals surface area contributed by atoms with Crippen molar-refractivity contribution in [3.8, 4) is 22.4 Å². The van der Waals surface area contributed by atoms with Crippen LogP contribution in [0.25, 0.3) is 22.4 Å². The molecule has 0 aliphatic carbocycles. The summed E-state index contributed by atoms with van der Waals surface area (Å²) in [6.45, 7) is 8.37. The Labute approximate surface area is 240 Å². The van der Waals surface area contributed by atoms with Crippen LogP contribution in [0.2, 0.25) is 0 Å². The Bertz CT molecular complexity index is 1750. The third-order valence-electron chi connectivity index (χ3n) is 7.10. The van der Waals surface area contributed by atoms with E-state index in [9.17, 15) is 9.59 Å². The van der Waals surface area contributed by atoms with Gasteiger partial charge in [0.2, 0.25) is 0 Å². The summed E-state index contributed by atoms with van der Waals surface area (Å²) in [5.41, 5.74) is 7.36. The van der Waals surface area contributed by atoms with Gasteiger partial charge < -0.3 is 15.2 Å². The summed E-state index contributed by atoms with van der Waals surface area (Å²) in [5.74, 6) is 0.0335. The van der Waals surface area contributed by atoms with Gasteiger partial charge in [0.25, 0.3) is 11.5 Å². The molecule has 0 unspecified atom stereocenters. The van der Waals surface area contributed by atoms with E-state index >= 15 is 0 Å². The minimum atomic E-state index is -0.243. The minimum Gasteiger partial charge on any atom is -0.336 e. The van der Waals surface area contributed by atoms with Crippen LogP contribution in [0.1, 0.15) is 42.3 Å². The van der Waals surface area contributed by atoms with Crippen LogP contribution in [0.4, 0.5) is 17.2 Å². The highest BCUT2D eigenvalue weighted by molar-refractivity contribution is 6.05. The zero-order chi connectivity index (χ0) is 29.1. The van der Waals surface area contributed by atoms with E-state index in [1.54, 1.807) is 25.6 Å². The Hall–Kier alpha value is -5.04. The molecule has 0 saturated heterocycles. The Kier molecular flexibility index (Phi) is 7.53. The van der Waals surface area contributed by atoms with E-state index < -0.39 is 0 Å². The van der Waals surface area contributed by atoms with Crippen molar-refractivity contribution in [2.24, 2.45) is 7.05 Å². The highest BCUT2D eigenvalue weighted by Gasteiger charge is 2.16. The monoisotopic (exact) mass is 543 g/mol. The SMILES string of the molecule is Cc1c(NC(=O)c2ccc(C(C)(C)C)cc2)cccc1-c1cn(C)c(=O)c(Nc2ccc(-c3ccncc3)cc2)n1. The van der Waals surface area contributed by atoms with Crippen molar-refractivity contribution in [3.63, 3.8) is 0 Å². The largest absolute Gasteiger partial charge is 0.336 e. The van der Waals surface area contributed by atoms with E-state index in [4.69, 9.17) is 0 Å². The van der Waals surface area contributed by atoms with Crippen LogP contribution in [-0.2, 0) is 12.5 Å². The number of carbonyl (C=O) groups is 1. The quantitative estimate of drug-likeness (QED) is 0.238. The number of carbonyl (C=O) groups excluding carboxylic acids is 1. The molecule has 0 spiro atoms. The number of aryl methyl sites for hydroxylation is 1. The van der Waals surface area contributed by atoms with Crippen molar-refractivity contribution in [1.82, 2.24) is 14.5 Å². The number of aromatic nitrogens is 3. The van der Waals surface area contributed by atoms with Crippen LogP contribution >= 0.6 is 0 Å². The summed E-state index contributed by atoms with van der Waals surface area (Å²) in [5, 5.41) is 6.22. The number of nitrogens with one attached hydrogen (secondary N) is 2. The van der Waals surface area contributed by atoms with Gasteiger partial charge in [-0.15, -0.1) is 0 Å². The molecule has 2 N–H and O–H groups in total. The average Bonchev–Trinajstić information content (AvgIpc) is 2.97. The number of benzene rings is 3. The smallest absolute Gasteiger partial charge is 0.293 e. The highest BCUT2D eigenvalue weighted by Crippen LogP contribution is 2.29.